The molecule has 160 valence electrons. The molecule has 0 aromatic rings. The minimum atomic E-state index is 0.371. The van der Waals surface area contributed by atoms with Crippen molar-refractivity contribution in [2.45, 2.75) is 142 Å². The first-order chi connectivity index (χ1) is 12.8. The maximum absolute atomic E-state index is 8.59. The van der Waals surface area contributed by atoms with Crippen LogP contribution < -0.4 is 0 Å². The molecule has 0 aliphatic rings. The van der Waals surface area contributed by atoms with Crippen LogP contribution in [0.25, 0.3) is 0 Å². The molecule has 0 atom stereocenters. The molecule has 0 saturated heterocycles. The second kappa shape index (κ2) is 29.7. The van der Waals surface area contributed by atoms with Gasteiger partial charge in [-0.05, 0) is 12.8 Å². The average Bonchev–Trinajstić information content (AvgIpc) is 2.66. The Labute approximate surface area is 166 Å². The molecule has 26 heavy (non-hydrogen) atoms. The standard InChI is InChI=1S/C13H28O.C11H24O/c1-2-3-4-5-6-7-8-9-10-11-12-13-14;1-2-3-4-5-6-7-8-9-10-11-12/h14H,2-13H2,1H3;12H,2-11H2,1H3. The monoisotopic (exact) mass is 372 g/mol. The predicted molar refractivity (Wildman–Crippen MR) is 118 cm³/mol. The summed E-state index contributed by atoms with van der Waals surface area (Å²) in [5, 5.41) is 17.1. The zero-order valence-electron chi connectivity index (χ0n) is 18.5. The predicted octanol–water partition coefficient (Wildman–Crippen LogP) is 7.80. The van der Waals surface area contributed by atoms with Crippen molar-refractivity contribution >= 4 is 0 Å². The fraction of sp³-hybridized carbons (Fsp3) is 1.00. The van der Waals surface area contributed by atoms with Crippen LogP contribution in [0.3, 0.4) is 0 Å². The van der Waals surface area contributed by atoms with Crippen LogP contribution in [0.4, 0.5) is 0 Å². The third kappa shape index (κ3) is 31.7. The number of unbranched alkanes of at least 4 members (excludes halogenated alkanes) is 18. The van der Waals surface area contributed by atoms with Crippen molar-refractivity contribution in [3.8, 4) is 0 Å². The molecule has 0 bridgehead atoms. The Morgan fingerprint density at radius 1 is 0.308 bits per heavy atom. The third-order valence-corrected chi connectivity index (χ3v) is 5.02. The first-order valence-corrected chi connectivity index (χ1v) is 12.0. The van der Waals surface area contributed by atoms with Gasteiger partial charge >= 0.3 is 0 Å². The summed E-state index contributed by atoms with van der Waals surface area (Å²) in [7, 11) is 0. The van der Waals surface area contributed by atoms with Crippen LogP contribution in [0.15, 0.2) is 0 Å². The topological polar surface area (TPSA) is 40.5 Å². The van der Waals surface area contributed by atoms with E-state index >= 15 is 0 Å². The van der Waals surface area contributed by atoms with Crippen LogP contribution in [0.1, 0.15) is 142 Å². The van der Waals surface area contributed by atoms with Crippen LogP contribution in [-0.4, -0.2) is 23.4 Å². The maximum atomic E-state index is 8.59. The molecule has 0 heterocycles. The summed E-state index contributed by atoms with van der Waals surface area (Å²) >= 11 is 0. The smallest absolute Gasteiger partial charge is 0.0431 e. The number of hydrogen-bond acceptors (Lipinski definition) is 2. The van der Waals surface area contributed by atoms with Crippen molar-refractivity contribution in [2.24, 2.45) is 0 Å². The molecule has 0 amide bonds. The summed E-state index contributed by atoms with van der Waals surface area (Å²) in [4.78, 5) is 0. The van der Waals surface area contributed by atoms with Crippen LogP contribution in [0.5, 0.6) is 0 Å². The first-order valence-electron chi connectivity index (χ1n) is 12.0. The molecular formula is C24H52O2. The second-order valence-electron chi connectivity index (χ2n) is 7.81. The van der Waals surface area contributed by atoms with Crippen molar-refractivity contribution in [2.75, 3.05) is 13.2 Å². The van der Waals surface area contributed by atoms with E-state index in [4.69, 9.17) is 10.2 Å². The van der Waals surface area contributed by atoms with E-state index in [-0.39, 0.29) is 0 Å². The molecule has 0 radical (unpaired) electrons. The fourth-order valence-electron chi connectivity index (χ4n) is 3.20. The van der Waals surface area contributed by atoms with Gasteiger partial charge in [-0.25, -0.2) is 0 Å². The van der Waals surface area contributed by atoms with E-state index in [9.17, 15) is 0 Å². The zero-order chi connectivity index (χ0) is 19.6. The van der Waals surface area contributed by atoms with Gasteiger partial charge in [0.25, 0.3) is 0 Å². The Balaban J connectivity index is 0. The highest BCUT2D eigenvalue weighted by atomic mass is 16.3. The molecule has 0 rings (SSSR count). The van der Waals surface area contributed by atoms with E-state index in [1.165, 1.54) is 116 Å². The third-order valence-electron chi connectivity index (χ3n) is 5.02. The lowest BCUT2D eigenvalue weighted by molar-refractivity contribution is 0.282. The maximum Gasteiger partial charge on any atom is 0.0431 e. The van der Waals surface area contributed by atoms with Crippen LogP contribution in [0, 0.1) is 0 Å². The summed E-state index contributed by atoms with van der Waals surface area (Å²) < 4.78 is 0. The van der Waals surface area contributed by atoms with Gasteiger partial charge in [-0.1, -0.05) is 129 Å². The van der Waals surface area contributed by atoms with E-state index in [0.717, 1.165) is 12.8 Å². The lowest BCUT2D eigenvalue weighted by Crippen LogP contribution is -1.84. The Kier molecular flexibility index (Phi) is 32.1. The Hall–Kier alpha value is -0.0800. The van der Waals surface area contributed by atoms with Crippen molar-refractivity contribution in [1.29, 1.82) is 0 Å². The summed E-state index contributed by atoms with van der Waals surface area (Å²) in [5.74, 6) is 0. The minimum Gasteiger partial charge on any atom is -0.396 e. The Morgan fingerprint density at radius 3 is 0.692 bits per heavy atom. The van der Waals surface area contributed by atoms with Gasteiger partial charge in [0.2, 0.25) is 0 Å². The van der Waals surface area contributed by atoms with E-state index < -0.39 is 0 Å². The van der Waals surface area contributed by atoms with Crippen molar-refractivity contribution in [3.63, 3.8) is 0 Å². The van der Waals surface area contributed by atoms with Gasteiger partial charge in [-0.15, -0.1) is 0 Å². The van der Waals surface area contributed by atoms with Gasteiger partial charge in [0.05, 0.1) is 0 Å². The lowest BCUT2D eigenvalue weighted by atomic mass is 10.1. The van der Waals surface area contributed by atoms with Gasteiger partial charge in [0, 0.05) is 13.2 Å². The van der Waals surface area contributed by atoms with E-state index in [1.54, 1.807) is 0 Å². The molecule has 0 unspecified atom stereocenters. The Bertz CT molecular complexity index is 184. The normalized spacial score (nSPS) is 10.6. The summed E-state index contributed by atoms with van der Waals surface area (Å²) in [6.07, 6.45) is 26.6. The molecule has 2 nitrogen and oxygen atoms in total. The zero-order valence-corrected chi connectivity index (χ0v) is 18.5. The quantitative estimate of drug-likeness (QED) is 0.214. The molecule has 0 spiro atoms. The molecular weight excluding hydrogens is 320 g/mol. The number of aliphatic hydroxyl groups excluding tert-OH is 2. The highest BCUT2D eigenvalue weighted by Gasteiger charge is 1.92. The molecule has 0 aromatic heterocycles. The first kappa shape index (κ1) is 28.1. The van der Waals surface area contributed by atoms with Crippen LogP contribution in [0.2, 0.25) is 0 Å². The molecule has 0 fully saturated rings. The highest BCUT2D eigenvalue weighted by molar-refractivity contribution is 4.47. The van der Waals surface area contributed by atoms with Gasteiger partial charge in [0.1, 0.15) is 0 Å². The summed E-state index contributed by atoms with van der Waals surface area (Å²) in [6, 6.07) is 0. The number of aliphatic hydroxyl groups is 2. The number of rotatable bonds is 20. The molecule has 0 aliphatic carbocycles. The number of hydrogen-bond donors (Lipinski definition) is 2. The minimum absolute atomic E-state index is 0.371. The fourth-order valence-corrected chi connectivity index (χ4v) is 3.20. The summed E-state index contributed by atoms with van der Waals surface area (Å²) in [6.45, 7) is 5.26. The summed E-state index contributed by atoms with van der Waals surface area (Å²) in [5.41, 5.74) is 0. The van der Waals surface area contributed by atoms with Crippen molar-refractivity contribution in [1.82, 2.24) is 0 Å². The highest BCUT2D eigenvalue weighted by Crippen LogP contribution is 2.11. The molecule has 0 aromatic carbocycles. The van der Waals surface area contributed by atoms with Crippen molar-refractivity contribution < 1.29 is 10.2 Å². The van der Waals surface area contributed by atoms with Gasteiger partial charge in [-0.2, -0.15) is 0 Å². The van der Waals surface area contributed by atoms with Gasteiger partial charge in [0.15, 0.2) is 0 Å². The van der Waals surface area contributed by atoms with Crippen LogP contribution in [-0.2, 0) is 0 Å². The lowest BCUT2D eigenvalue weighted by Gasteiger charge is -2.01. The second-order valence-corrected chi connectivity index (χ2v) is 7.81. The Morgan fingerprint density at radius 2 is 0.500 bits per heavy atom. The van der Waals surface area contributed by atoms with E-state index in [2.05, 4.69) is 13.8 Å². The van der Waals surface area contributed by atoms with Gasteiger partial charge < -0.3 is 10.2 Å². The largest absolute Gasteiger partial charge is 0.396 e. The molecule has 0 aliphatic heterocycles. The SMILES string of the molecule is CCCCCCCCCCCCCO.CCCCCCCCCCCO. The van der Waals surface area contributed by atoms with Crippen molar-refractivity contribution in [3.05, 3.63) is 0 Å². The molecule has 2 heteroatoms. The van der Waals surface area contributed by atoms with E-state index in [0.29, 0.717) is 13.2 Å². The molecule has 0 saturated carbocycles. The average molecular weight is 373 g/mol. The van der Waals surface area contributed by atoms with Crippen LogP contribution >= 0.6 is 0 Å². The van der Waals surface area contributed by atoms with E-state index in [1.807, 2.05) is 0 Å². The van der Waals surface area contributed by atoms with Gasteiger partial charge in [-0.3, -0.25) is 0 Å². The molecule has 2 N–H and O–H groups in total.